The highest BCUT2D eigenvalue weighted by atomic mass is 16.5. The van der Waals surface area contributed by atoms with E-state index in [9.17, 15) is 14.7 Å². The smallest absolute Gasteiger partial charge is 0.341 e. The summed E-state index contributed by atoms with van der Waals surface area (Å²) in [6.45, 7) is 3.19. The van der Waals surface area contributed by atoms with Crippen LogP contribution in [-0.4, -0.2) is 28.4 Å². The lowest BCUT2D eigenvalue weighted by molar-refractivity contribution is 0.0690. The number of hydrogen-bond donors (Lipinski definition) is 1. The van der Waals surface area contributed by atoms with E-state index in [4.69, 9.17) is 4.74 Å². The number of carbonyl (C=O) groups is 1. The third-order valence-electron chi connectivity index (χ3n) is 4.74. The van der Waals surface area contributed by atoms with Gasteiger partial charge in [0.1, 0.15) is 5.56 Å². The molecule has 3 rings (SSSR count). The van der Waals surface area contributed by atoms with Gasteiger partial charge in [-0.05, 0) is 38.2 Å². The molecule has 0 saturated carbocycles. The molecule has 1 aliphatic heterocycles. The van der Waals surface area contributed by atoms with Gasteiger partial charge in [0.25, 0.3) is 0 Å². The highest BCUT2D eigenvalue weighted by molar-refractivity contribution is 5.88. The molecule has 1 aromatic heterocycles. The largest absolute Gasteiger partial charge is 0.477 e. The molecule has 25 heavy (non-hydrogen) atoms. The molecule has 0 aliphatic carbocycles. The molecule has 0 amide bonds. The lowest BCUT2D eigenvalue weighted by Crippen LogP contribution is -2.28. The molecule has 1 fully saturated rings. The number of hydrogen-bond acceptors (Lipinski definition) is 3. The van der Waals surface area contributed by atoms with Gasteiger partial charge in [-0.2, -0.15) is 0 Å². The second-order valence-corrected chi connectivity index (χ2v) is 6.51. The number of aromatic nitrogens is 1. The minimum absolute atomic E-state index is 0.0818. The van der Waals surface area contributed by atoms with E-state index < -0.39 is 11.4 Å². The Kier molecular flexibility index (Phi) is 5.34. The van der Waals surface area contributed by atoms with Gasteiger partial charge in [-0.1, -0.05) is 30.3 Å². The highest BCUT2D eigenvalue weighted by Crippen LogP contribution is 2.19. The molecule has 1 saturated heterocycles. The summed E-state index contributed by atoms with van der Waals surface area (Å²) < 4.78 is 7.68. The van der Waals surface area contributed by atoms with Crippen LogP contribution in [-0.2, 0) is 24.1 Å². The fourth-order valence-corrected chi connectivity index (χ4v) is 3.47. The van der Waals surface area contributed by atoms with Gasteiger partial charge in [0, 0.05) is 30.6 Å². The van der Waals surface area contributed by atoms with E-state index in [1.807, 2.05) is 41.8 Å². The quantitative estimate of drug-likeness (QED) is 0.877. The van der Waals surface area contributed by atoms with Gasteiger partial charge >= 0.3 is 5.97 Å². The number of carboxylic acid groups (broad SMARTS) is 1. The molecule has 1 unspecified atom stereocenters. The van der Waals surface area contributed by atoms with E-state index >= 15 is 0 Å². The third-order valence-corrected chi connectivity index (χ3v) is 4.74. The van der Waals surface area contributed by atoms with Gasteiger partial charge < -0.3 is 14.4 Å². The summed E-state index contributed by atoms with van der Waals surface area (Å²) in [4.78, 5) is 24.0. The highest BCUT2D eigenvalue weighted by Gasteiger charge is 2.23. The second-order valence-electron chi connectivity index (χ2n) is 6.51. The normalized spacial score (nSPS) is 16.9. The van der Waals surface area contributed by atoms with Crippen molar-refractivity contribution in [1.29, 1.82) is 0 Å². The predicted octanol–water partition coefficient (Wildman–Crippen LogP) is 2.82. The lowest BCUT2D eigenvalue weighted by atomic mass is 10.0. The molecule has 1 aliphatic rings. The molecule has 1 N–H and O–H groups in total. The first-order chi connectivity index (χ1) is 12.1. The zero-order valence-electron chi connectivity index (χ0n) is 14.4. The van der Waals surface area contributed by atoms with Crippen LogP contribution in [0.5, 0.6) is 0 Å². The van der Waals surface area contributed by atoms with E-state index in [-0.39, 0.29) is 11.7 Å². The van der Waals surface area contributed by atoms with Crippen molar-refractivity contribution in [1.82, 2.24) is 4.57 Å². The molecule has 2 heterocycles. The number of benzene rings is 1. The van der Waals surface area contributed by atoms with Gasteiger partial charge in [-0.25, -0.2) is 4.79 Å². The summed E-state index contributed by atoms with van der Waals surface area (Å²) in [6, 6.07) is 11.3. The van der Waals surface area contributed by atoms with Gasteiger partial charge in [0.05, 0.1) is 6.10 Å². The monoisotopic (exact) mass is 341 g/mol. The summed E-state index contributed by atoms with van der Waals surface area (Å²) in [5.74, 6) is -1.16. The minimum atomic E-state index is -1.16. The molecule has 5 heteroatoms. The second kappa shape index (κ2) is 7.66. The van der Waals surface area contributed by atoms with Crippen molar-refractivity contribution in [3.8, 4) is 0 Å². The molecule has 0 radical (unpaired) electrons. The maximum absolute atomic E-state index is 12.3. The fraction of sp³-hybridized carbons (Fsp3) is 0.400. The predicted molar refractivity (Wildman–Crippen MR) is 95.2 cm³/mol. The Morgan fingerprint density at radius 2 is 2.04 bits per heavy atom. The topological polar surface area (TPSA) is 68.5 Å². The van der Waals surface area contributed by atoms with Gasteiger partial charge in [0.15, 0.2) is 5.43 Å². The number of aryl methyl sites for hydroxylation is 2. The summed E-state index contributed by atoms with van der Waals surface area (Å²) in [7, 11) is 0. The summed E-state index contributed by atoms with van der Waals surface area (Å²) in [5.41, 5.74) is 1.97. The number of nitrogens with zero attached hydrogens (tertiary/aromatic N) is 1. The van der Waals surface area contributed by atoms with Crippen LogP contribution < -0.4 is 5.43 Å². The zero-order chi connectivity index (χ0) is 17.8. The SMILES string of the molecule is Cc1cc(=O)c(C(=O)O)c(CCc2ccccc2)n1CC1CCCO1. The van der Waals surface area contributed by atoms with Crippen LogP contribution in [0.15, 0.2) is 41.2 Å². The molecular weight excluding hydrogens is 318 g/mol. The third kappa shape index (κ3) is 3.99. The Labute approximate surface area is 146 Å². The first-order valence-electron chi connectivity index (χ1n) is 8.68. The van der Waals surface area contributed by atoms with E-state index in [0.717, 1.165) is 30.7 Å². The summed E-state index contributed by atoms with van der Waals surface area (Å²) in [6.07, 6.45) is 3.27. The maximum Gasteiger partial charge on any atom is 0.341 e. The van der Waals surface area contributed by atoms with Crippen molar-refractivity contribution in [2.45, 2.75) is 45.3 Å². The first kappa shape index (κ1) is 17.4. The average Bonchev–Trinajstić information content (AvgIpc) is 3.09. The number of pyridine rings is 1. The van der Waals surface area contributed by atoms with Crippen LogP contribution in [0.1, 0.15) is 40.2 Å². The molecule has 1 atom stereocenters. The first-order valence-corrected chi connectivity index (χ1v) is 8.68. The van der Waals surface area contributed by atoms with Crippen molar-refractivity contribution >= 4 is 5.97 Å². The van der Waals surface area contributed by atoms with Crippen LogP contribution in [0.25, 0.3) is 0 Å². The molecular formula is C20H23NO4. The Morgan fingerprint density at radius 3 is 2.68 bits per heavy atom. The van der Waals surface area contributed by atoms with Crippen molar-refractivity contribution in [2.75, 3.05) is 6.61 Å². The van der Waals surface area contributed by atoms with Crippen molar-refractivity contribution in [3.05, 3.63) is 69.1 Å². The van der Waals surface area contributed by atoms with E-state index in [1.165, 1.54) is 6.07 Å². The Bertz CT molecular complexity index is 804. The van der Waals surface area contributed by atoms with Crippen molar-refractivity contribution in [2.24, 2.45) is 0 Å². The van der Waals surface area contributed by atoms with Crippen molar-refractivity contribution in [3.63, 3.8) is 0 Å². The summed E-state index contributed by atoms with van der Waals surface area (Å²) >= 11 is 0. The van der Waals surface area contributed by atoms with Crippen molar-refractivity contribution < 1.29 is 14.6 Å². The van der Waals surface area contributed by atoms with Crippen LogP contribution in [0.3, 0.4) is 0 Å². The van der Waals surface area contributed by atoms with Crippen LogP contribution >= 0.6 is 0 Å². The molecule has 1 aromatic carbocycles. The Morgan fingerprint density at radius 1 is 1.28 bits per heavy atom. The molecule has 0 spiro atoms. The number of rotatable bonds is 6. The fourth-order valence-electron chi connectivity index (χ4n) is 3.47. The van der Waals surface area contributed by atoms with Crippen LogP contribution in [0, 0.1) is 6.92 Å². The van der Waals surface area contributed by atoms with Gasteiger partial charge in [-0.15, -0.1) is 0 Å². The van der Waals surface area contributed by atoms with Gasteiger partial charge in [-0.3, -0.25) is 4.79 Å². The molecule has 0 bridgehead atoms. The molecule has 5 nitrogen and oxygen atoms in total. The molecule has 2 aromatic rings. The number of carboxylic acids is 1. The molecule has 132 valence electrons. The average molecular weight is 341 g/mol. The Hall–Kier alpha value is -2.40. The van der Waals surface area contributed by atoms with E-state index in [1.54, 1.807) is 0 Å². The minimum Gasteiger partial charge on any atom is -0.477 e. The van der Waals surface area contributed by atoms with Crippen LogP contribution in [0.2, 0.25) is 0 Å². The Balaban J connectivity index is 1.98. The van der Waals surface area contributed by atoms with E-state index in [0.29, 0.717) is 25.1 Å². The number of ether oxygens (including phenoxy) is 1. The van der Waals surface area contributed by atoms with E-state index in [2.05, 4.69) is 0 Å². The summed E-state index contributed by atoms with van der Waals surface area (Å²) in [5, 5.41) is 9.58. The maximum atomic E-state index is 12.3. The van der Waals surface area contributed by atoms with Gasteiger partial charge in [0.2, 0.25) is 0 Å². The zero-order valence-corrected chi connectivity index (χ0v) is 14.4. The lowest BCUT2D eigenvalue weighted by Gasteiger charge is -2.21. The number of aromatic carboxylic acids is 1. The standard InChI is InChI=1S/C20H23NO4/c1-14-12-18(22)19(20(23)24)17(10-9-15-6-3-2-4-7-15)21(14)13-16-8-5-11-25-16/h2-4,6-7,12,16H,5,8-11,13H2,1H3,(H,23,24). The van der Waals surface area contributed by atoms with Crippen LogP contribution in [0.4, 0.5) is 0 Å².